The Hall–Kier alpha value is -7.40. The molecule has 3 nitrogen and oxygen atoms in total. The van der Waals surface area contributed by atoms with Crippen LogP contribution in [0.2, 0.25) is 0 Å². The molecule has 4 heteroatoms. The van der Waals surface area contributed by atoms with Crippen LogP contribution in [-0.4, -0.2) is 21.8 Å². The third-order valence-corrected chi connectivity index (χ3v) is 17.6. The summed E-state index contributed by atoms with van der Waals surface area (Å²) < 4.78 is 7.35. The topological polar surface area (TPSA) is 14.8 Å². The Bertz CT molecular complexity index is 3500. The zero-order chi connectivity index (χ0) is 39.1. The second-order valence-corrected chi connectivity index (χ2v) is 19.5. The van der Waals surface area contributed by atoms with Gasteiger partial charge in [0.25, 0.3) is 0 Å². The van der Waals surface area contributed by atoms with Gasteiger partial charge in [-0.05, 0) is 69.3 Å². The molecule has 0 unspecified atom stereocenters. The molecular weight excluding hydrogens is 731 g/mol. The molecule has 0 saturated carbocycles. The van der Waals surface area contributed by atoms with Crippen molar-refractivity contribution in [2.75, 3.05) is 0 Å². The van der Waals surface area contributed by atoms with E-state index in [9.17, 15) is 0 Å². The molecule has 0 fully saturated rings. The van der Waals surface area contributed by atoms with E-state index < -0.39 is 8.07 Å². The molecule has 0 aliphatic rings. The summed E-state index contributed by atoms with van der Waals surface area (Å²) in [7, 11) is -0.829. The Morgan fingerprint density at radius 3 is 1.39 bits per heavy atom. The maximum absolute atomic E-state index is 3.02. The molecule has 3 heterocycles. The lowest BCUT2D eigenvalue weighted by molar-refractivity contribution is 1.01. The van der Waals surface area contributed by atoms with E-state index in [1.165, 1.54) is 86.2 Å². The van der Waals surface area contributed by atoms with Gasteiger partial charge in [-0.3, -0.25) is 0 Å². The first-order valence-electron chi connectivity index (χ1n) is 20.4. The fourth-order valence-corrected chi connectivity index (χ4v) is 15.3. The largest absolute Gasteiger partial charge is 0.344 e. The Morgan fingerprint density at radius 2 is 0.763 bits per heavy atom. The van der Waals surface area contributed by atoms with E-state index in [2.05, 4.69) is 239 Å². The average molecular weight is 770 g/mol. The molecule has 12 rings (SSSR count). The van der Waals surface area contributed by atoms with Crippen LogP contribution in [-0.2, 0) is 7.05 Å². The molecule has 0 atom stereocenters. The highest BCUT2D eigenvalue weighted by atomic mass is 28.3. The van der Waals surface area contributed by atoms with Crippen LogP contribution in [0.5, 0.6) is 0 Å². The van der Waals surface area contributed by atoms with Crippen LogP contribution < -0.4 is 20.7 Å². The van der Waals surface area contributed by atoms with Gasteiger partial charge in [-0.15, -0.1) is 0 Å². The lowest BCUT2D eigenvalue weighted by Gasteiger charge is -2.35. The van der Waals surface area contributed by atoms with Crippen LogP contribution in [0.15, 0.2) is 218 Å². The van der Waals surface area contributed by atoms with Crippen LogP contribution in [0.4, 0.5) is 0 Å². The van der Waals surface area contributed by atoms with E-state index in [4.69, 9.17) is 0 Å². The van der Waals surface area contributed by atoms with Gasteiger partial charge < -0.3 is 13.7 Å². The molecule has 9 aromatic carbocycles. The molecule has 59 heavy (non-hydrogen) atoms. The van der Waals surface area contributed by atoms with Crippen molar-refractivity contribution in [2.45, 2.75) is 0 Å². The summed E-state index contributed by atoms with van der Waals surface area (Å²) in [4.78, 5) is 0. The molecule has 0 spiro atoms. The van der Waals surface area contributed by atoms with E-state index in [0.29, 0.717) is 0 Å². The average Bonchev–Trinajstić information content (AvgIpc) is 3.94. The molecule has 0 aliphatic heterocycles. The number of hydrogen-bond donors (Lipinski definition) is 0. The number of nitrogens with zero attached hydrogens (tertiary/aromatic N) is 3. The number of aromatic nitrogens is 3. The molecule has 0 bridgehead atoms. The third kappa shape index (κ3) is 4.75. The second kappa shape index (κ2) is 13.1. The van der Waals surface area contributed by atoms with Crippen LogP contribution >= 0.6 is 0 Å². The fourth-order valence-electron chi connectivity index (χ4n) is 10.3. The van der Waals surface area contributed by atoms with Crippen molar-refractivity contribution in [3.8, 4) is 11.4 Å². The van der Waals surface area contributed by atoms with E-state index >= 15 is 0 Å². The molecule has 0 aliphatic carbocycles. The van der Waals surface area contributed by atoms with Gasteiger partial charge in [-0.25, -0.2) is 0 Å². The summed E-state index contributed by atoms with van der Waals surface area (Å²) >= 11 is 0. The maximum atomic E-state index is 2.51. The molecule has 3 aromatic heterocycles. The summed E-state index contributed by atoms with van der Waals surface area (Å²) in [5.41, 5.74) is 9.74. The van der Waals surface area contributed by atoms with Gasteiger partial charge in [-0.2, -0.15) is 0 Å². The van der Waals surface area contributed by atoms with Crippen molar-refractivity contribution in [2.24, 2.45) is 7.05 Å². The van der Waals surface area contributed by atoms with Crippen molar-refractivity contribution >= 4 is 94.2 Å². The standard InChI is InChI=1S/C55H39N3Si/c1-56-48-28-14-13-26-47(48)53-51(56)37-36-46-44-25-12-16-30-50(44)58(55(46)53)39-32-34-42(35-33-39)59(40-20-7-3-8-21-40,41-22-9-4-10-23-41)52-31-17-27-45-43-24-11-15-29-49(43)57(54(45)52)38-18-5-2-6-19-38/h2-37H,1H3. The zero-order valence-corrected chi connectivity index (χ0v) is 33.6. The van der Waals surface area contributed by atoms with Crippen molar-refractivity contribution in [1.29, 1.82) is 0 Å². The van der Waals surface area contributed by atoms with Crippen molar-refractivity contribution < 1.29 is 0 Å². The number of para-hydroxylation sites is 5. The summed E-state index contributed by atoms with van der Waals surface area (Å²) in [6.45, 7) is 0. The van der Waals surface area contributed by atoms with E-state index in [0.717, 1.165) is 11.4 Å². The van der Waals surface area contributed by atoms with Crippen LogP contribution in [0.1, 0.15) is 0 Å². The highest BCUT2D eigenvalue weighted by Gasteiger charge is 2.43. The number of fused-ring (bicyclic) bond motifs is 10. The van der Waals surface area contributed by atoms with Gasteiger partial charge in [0.2, 0.25) is 0 Å². The Kier molecular flexibility index (Phi) is 7.47. The summed E-state index contributed by atoms with van der Waals surface area (Å²) in [6.07, 6.45) is 0. The lowest BCUT2D eigenvalue weighted by Crippen LogP contribution is -2.75. The maximum Gasteiger partial charge on any atom is 0.181 e. The molecule has 0 N–H and O–H groups in total. The molecule has 278 valence electrons. The predicted molar refractivity (Wildman–Crippen MR) is 253 cm³/mol. The lowest BCUT2D eigenvalue weighted by atomic mass is 10.1. The first kappa shape index (κ1) is 33.7. The van der Waals surface area contributed by atoms with Gasteiger partial charge in [0.15, 0.2) is 8.07 Å². The van der Waals surface area contributed by atoms with Gasteiger partial charge in [0.05, 0.1) is 27.6 Å². The highest BCUT2D eigenvalue weighted by molar-refractivity contribution is 7.20. The monoisotopic (exact) mass is 769 g/mol. The second-order valence-electron chi connectivity index (χ2n) is 15.7. The normalized spacial score (nSPS) is 12.2. The van der Waals surface area contributed by atoms with Gasteiger partial charge in [-0.1, -0.05) is 170 Å². The van der Waals surface area contributed by atoms with Gasteiger partial charge in [0.1, 0.15) is 0 Å². The summed E-state index contributed by atoms with van der Waals surface area (Å²) in [5, 5.41) is 13.0. The van der Waals surface area contributed by atoms with Crippen LogP contribution in [0, 0.1) is 0 Å². The highest BCUT2D eigenvalue weighted by Crippen LogP contribution is 2.40. The quantitative estimate of drug-likeness (QED) is 0.118. The number of rotatable bonds is 6. The Balaban J connectivity index is 1.19. The minimum absolute atomic E-state index is 1.15. The molecule has 0 radical (unpaired) electrons. The van der Waals surface area contributed by atoms with Crippen LogP contribution in [0.25, 0.3) is 76.8 Å². The Labute approximate surface area is 343 Å². The zero-order valence-electron chi connectivity index (χ0n) is 32.6. The molecule has 12 aromatic rings. The van der Waals surface area contributed by atoms with Crippen molar-refractivity contribution in [1.82, 2.24) is 13.7 Å². The van der Waals surface area contributed by atoms with E-state index in [1.54, 1.807) is 0 Å². The predicted octanol–water partition coefficient (Wildman–Crippen LogP) is 10.9. The van der Waals surface area contributed by atoms with Gasteiger partial charge in [0, 0.05) is 56.3 Å². The smallest absolute Gasteiger partial charge is 0.181 e. The summed E-state index contributed by atoms with van der Waals surface area (Å²) in [6, 6.07) is 81.4. The molecule has 0 amide bonds. The van der Waals surface area contributed by atoms with Crippen LogP contribution in [0.3, 0.4) is 0 Å². The number of benzene rings is 9. The minimum Gasteiger partial charge on any atom is -0.344 e. The Morgan fingerprint density at radius 1 is 0.305 bits per heavy atom. The van der Waals surface area contributed by atoms with E-state index in [-0.39, 0.29) is 0 Å². The summed E-state index contributed by atoms with van der Waals surface area (Å²) in [5.74, 6) is 0. The van der Waals surface area contributed by atoms with Crippen molar-refractivity contribution in [3.05, 3.63) is 218 Å². The fraction of sp³-hybridized carbons (Fsp3) is 0.0182. The van der Waals surface area contributed by atoms with E-state index in [1.807, 2.05) is 0 Å². The molecule has 0 saturated heterocycles. The number of hydrogen-bond acceptors (Lipinski definition) is 0. The first-order valence-corrected chi connectivity index (χ1v) is 22.4. The van der Waals surface area contributed by atoms with Gasteiger partial charge >= 0.3 is 0 Å². The van der Waals surface area contributed by atoms with Crippen molar-refractivity contribution in [3.63, 3.8) is 0 Å². The number of aryl methyl sites for hydroxylation is 1. The molecular formula is C55H39N3Si. The third-order valence-electron chi connectivity index (χ3n) is 12.8. The first-order chi connectivity index (χ1) is 29.2. The minimum atomic E-state index is -3.02. The SMILES string of the molecule is Cn1c2ccccc2c2c1ccc1c3ccccc3n(-c3ccc([Si](c4ccccc4)(c4ccccc4)c4cccc5c6ccccc6n(-c6ccccc6)c45)cc3)c12.